The summed E-state index contributed by atoms with van der Waals surface area (Å²) in [7, 11) is -2.62. The van der Waals surface area contributed by atoms with Crippen LogP contribution in [0.1, 0.15) is 5.82 Å². The monoisotopic (exact) mass is 315 g/mol. The Bertz CT molecular complexity index is 694. The molecule has 1 aromatic heterocycles. The molecule has 0 bridgehead atoms. The predicted octanol–water partition coefficient (Wildman–Crippen LogP) is 0.0556. The molecule has 0 spiro atoms. The lowest BCUT2D eigenvalue weighted by molar-refractivity contribution is 0.388. The number of methoxy groups -OCH3 is 1. The summed E-state index contributed by atoms with van der Waals surface area (Å²) in [5.41, 5.74) is 5.47. The molecule has 1 aromatic carbocycles. The molecule has 0 saturated carbocycles. The van der Waals surface area contributed by atoms with E-state index in [1.807, 2.05) is 0 Å². The highest BCUT2D eigenvalue weighted by atomic mass is 32.2. The van der Waals surface area contributed by atoms with Gasteiger partial charge >= 0.3 is 0 Å². The van der Waals surface area contributed by atoms with Crippen LogP contribution in [0.2, 0.25) is 0 Å². The molecule has 2 rings (SSSR count). The Kier molecular flexibility index (Phi) is 4.38. The van der Waals surface area contributed by atoms with E-state index in [2.05, 4.69) is 19.9 Å². The Morgan fingerprint density at radius 2 is 2.24 bits per heavy atom. The van der Waals surface area contributed by atoms with E-state index in [-0.39, 0.29) is 22.9 Å². The molecule has 4 N–H and O–H groups in total. The molecule has 0 aliphatic heterocycles. The number of H-pyrrole nitrogens is 1. The van der Waals surface area contributed by atoms with Gasteiger partial charge in [0.25, 0.3) is 0 Å². The number of nitrogen functional groups attached to an aromatic ring is 1. The first-order valence-corrected chi connectivity index (χ1v) is 7.39. The number of nitrogens with zero attached hydrogens (tertiary/aromatic N) is 2. The zero-order valence-corrected chi connectivity index (χ0v) is 11.9. The van der Waals surface area contributed by atoms with Gasteiger partial charge < -0.3 is 10.5 Å². The van der Waals surface area contributed by atoms with Crippen LogP contribution in [0, 0.1) is 5.82 Å². The van der Waals surface area contributed by atoms with Crippen LogP contribution in [-0.4, -0.2) is 37.3 Å². The van der Waals surface area contributed by atoms with E-state index in [4.69, 9.17) is 10.5 Å². The van der Waals surface area contributed by atoms with Crippen LogP contribution in [0.4, 0.5) is 10.1 Å². The van der Waals surface area contributed by atoms with Gasteiger partial charge in [-0.05, 0) is 12.1 Å². The van der Waals surface area contributed by atoms with E-state index in [9.17, 15) is 12.8 Å². The van der Waals surface area contributed by atoms with Gasteiger partial charge in [-0.1, -0.05) is 0 Å². The van der Waals surface area contributed by atoms with E-state index >= 15 is 0 Å². The highest BCUT2D eigenvalue weighted by molar-refractivity contribution is 7.89. The highest BCUT2D eigenvalue weighted by Crippen LogP contribution is 2.28. The minimum atomic E-state index is -3.87. The number of aromatic nitrogens is 3. The second kappa shape index (κ2) is 6.06. The van der Waals surface area contributed by atoms with Crippen LogP contribution in [0.3, 0.4) is 0 Å². The Balaban J connectivity index is 2.12. The normalized spacial score (nSPS) is 11.5. The molecule has 21 heavy (non-hydrogen) atoms. The SMILES string of the molecule is COc1c(N)cc(S(=O)(=O)NCCc2ncn[nH]2)cc1F. The fraction of sp³-hybridized carbons (Fsp3) is 0.273. The van der Waals surface area contributed by atoms with Gasteiger partial charge in [-0.3, -0.25) is 5.10 Å². The molecule has 1 heterocycles. The average molecular weight is 315 g/mol. The summed E-state index contributed by atoms with van der Waals surface area (Å²) < 4.78 is 44.8. The molecule has 10 heteroatoms. The Labute approximate surface area is 120 Å². The third-order valence-electron chi connectivity index (χ3n) is 2.68. The zero-order chi connectivity index (χ0) is 15.5. The number of ether oxygens (including phenoxy) is 1. The summed E-state index contributed by atoms with van der Waals surface area (Å²) in [6.07, 6.45) is 1.65. The Morgan fingerprint density at radius 1 is 1.48 bits per heavy atom. The summed E-state index contributed by atoms with van der Waals surface area (Å²) in [5.74, 6) is -0.484. The second-order valence-electron chi connectivity index (χ2n) is 4.11. The summed E-state index contributed by atoms with van der Waals surface area (Å²) in [6.45, 7) is 0.0884. The number of benzene rings is 1. The van der Waals surface area contributed by atoms with E-state index in [0.717, 1.165) is 12.1 Å². The fourth-order valence-corrected chi connectivity index (χ4v) is 2.78. The summed E-state index contributed by atoms with van der Waals surface area (Å²) in [5, 5.41) is 6.25. The largest absolute Gasteiger partial charge is 0.492 e. The highest BCUT2D eigenvalue weighted by Gasteiger charge is 2.19. The lowest BCUT2D eigenvalue weighted by Crippen LogP contribution is -2.26. The molecule has 0 fully saturated rings. The zero-order valence-electron chi connectivity index (χ0n) is 11.1. The van der Waals surface area contributed by atoms with Gasteiger partial charge in [-0.2, -0.15) is 5.10 Å². The van der Waals surface area contributed by atoms with Crippen molar-refractivity contribution in [2.24, 2.45) is 0 Å². The van der Waals surface area contributed by atoms with Gasteiger partial charge in [0.1, 0.15) is 12.2 Å². The van der Waals surface area contributed by atoms with Crippen LogP contribution < -0.4 is 15.2 Å². The lowest BCUT2D eigenvalue weighted by Gasteiger charge is -2.10. The number of rotatable bonds is 6. The number of halogens is 1. The number of anilines is 1. The molecule has 0 radical (unpaired) electrons. The quantitative estimate of drug-likeness (QED) is 0.648. The minimum Gasteiger partial charge on any atom is -0.492 e. The smallest absolute Gasteiger partial charge is 0.240 e. The van der Waals surface area contributed by atoms with Crippen LogP contribution in [0.5, 0.6) is 5.75 Å². The molecule has 0 amide bonds. The maximum atomic E-state index is 13.7. The van der Waals surface area contributed by atoms with E-state index in [1.54, 1.807) is 0 Å². The van der Waals surface area contributed by atoms with Crippen molar-refractivity contribution in [3.05, 3.63) is 30.1 Å². The first-order chi connectivity index (χ1) is 9.94. The fourth-order valence-electron chi connectivity index (χ4n) is 1.70. The standard InChI is InChI=1S/C11H14FN5O3S/c1-20-11-8(12)4-7(5-9(11)13)21(18,19)16-3-2-10-14-6-15-17-10/h4-6,16H,2-3,13H2,1H3,(H,14,15,17). The van der Waals surface area contributed by atoms with Gasteiger partial charge in [-0.25, -0.2) is 22.5 Å². The van der Waals surface area contributed by atoms with E-state index < -0.39 is 15.8 Å². The summed E-state index contributed by atoms with van der Waals surface area (Å²) >= 11 is 0. The van der Waals surface area contributed by atoms with Gasteiger partial charge in [0.15, 0.2) is 11.6 Å². The third kappa shape index (κ3) is 3.47. The van der Waals surface area contributed by atoms with E-state index in [1.165, 1.54) is 13.4 Å². The lowest BCUT2D eigenvalue weighted by atomic mass is 10.3. The molecular formula is C11H14FN5O3S. The second-order valence-corrected chi connectivity index (χ2v) is 5.87. The maximum Gasteiger partial charge on any atom is 0.240 e. The number of nitrogens with two attached hydrogens (primary N) is 1. The molecule has 0 saturated heterocycles. The summed E-state index contributed by atoms with van der Waals surface area (Å²) in [4.78, 5) is 3.59. The van der Waals surface area contributed by atoms with E-state index in [0.29, 0.717) is 12.2 Å². The Hall–Kier alpha value is -2.20. The van der Waals surface area contributed by atoms with Crippen LogP contribution >= 0.6 is 0 Å². The predicted molar refractivity (Wildman–Crippen MR) is 72.6 cm³/mol. The molecular weight excluding hydrogens is 301 g/mol. The molecule has 0 aliphatic carbocycles. The van der Waals surface area contributed by atoms with Crippen LogP contribution in [0.25, 0.3) is 0 Å². The summed E-state index contributed by atoms with van der Waals surface area (Å²) in [6, 6.07) is 1.99. The van der Waals surface area contributed by atoms with Gasteiger partial charge in [0, 0.05) is 13.0 Å². The molecule has 0 aliphatic rings. The number of hydrogen-bond acceptors (Lipinski definition) is 6. The molecule has 2 aromatic rings. The molecule has 114 valence electrons. The Morgan fingerprint density at radius 3 is 2.81 bits per heavy atom. The number of nitrogens with one attached hydrogen (secondary N) is 2. The number of aromatic amines is 1. The molecule has 0 unspecified atom stereocenters. The first kappa shape index (κ1) is 15.2. The van der Waals surface area contributed by atoms with Crippen molar-refractivity contribution >= 4 is 15.7 Å². The maximum absolute atomic E-state index is 13.7. The van der Waals surface area contributed by atoms with Gasteiger partial charge in [0.05, 0.1) is 17.7 Å². The topological polar surface area (TPSA) is 123 Å². The molecule has 8 nitrogen and oxygen atoms in total. The van der Waals surface area contributed by atoms with Crippen molar-refractivity contribution in [1.29, 1.82) is 0 Å². The number of sulfonamides is 1. The number of hydrogen-bond donors (Lipinski definition) is 3. The molecule has 0 atom stereocenters. The van der Waals surface area contributed by atoms with Crippen molar-refractivity contribution < 1.29 is 17.5 Å². The van der Waals surface area contributed by atoms with Crippen LogP contribution in [0.15, 0.2) is 23.4 Å². The third-order valence-corrected chi connectivity index (χ3v) is 4.12. The van der Waals surface area contributed by atoms with Crippen molar-refractivity contribution in [1.82, 2.24) is 19.9 Å². The van der Waals surface area contributed by atoms with Gasteiger partial charge in [0.2, 0.25) is 10.0 Å². The van der Waals surface area contributed by atoms with Crippen molar-refractivity contribution in [2.75, 3.05) is 19.4 Å². The van der Waals surface area contributed by atoms with Crippen molar-refractivity contribution in [3.63, 3.8) is 0 Å². The first-order valence-electron chi connectivity index (χ1n) is 5.91. The minimum absolute atomic E-state index is 0.0884. The average Bonchev–Trinajstić information content (AvgIpc) is 2.91. The van der Waals surface area contributed by atoms with Crippen molar-refractivity contribution in [2.45, 2.75) is 11.3 Å². The van der Waals surface area contributed by atoms with Gasteiger partial charge in [-0.15, -0.1) is 0 Å². The van der Waals surface area contributed by atoms with Crippen LogP contribution in [-0.2, 0) is 16.4 Å². The van der Waals surface area contributed by atoms with Crippen molar-refractivity contribution in [3.8, 4) is 5.75 Å².